The molecular formula is C5H2F10O. The summed E-state index contributed by atoms with van der Waals surface area (Å²) in [5.74, 6) is -6.31. The molecule has 0 rings (SSSR count). The molecule has 0 aromatic carbocycles. The number of alkyl halides is 10. The highest BCUT2D eigenvalue weighted by Crippen LogP contribution is 2.44. The number of hydrogen-bond acceptors (Lipinski definition) is 1. The van der Waals surface area contributed by atoms with Gasteiger partial charge in [0, 0.05) is 0 Å². The van der Waals surface area contributed by atoms with Gasteiger partial charge in [0.05, 0.1) is 0 Å². The molecular weight excluding hydrogens is 266 g/mol. The van der Waals surface area contributed by atoms with Crippen molar-refractivity contribution in [2.45, 2.75) is 31.0 Å². The lowest BCUT2D eigenvalue weighted by Crippen LogP contribution is -2.52. The third-order valence-corrected chi connectivity index (χ3v) is 1.18. The minimum Gasteiger partial charge on any atom is -0.246 e. The van der Waals surface area contributed by atoms with Crippen LogP contribution in [0.1, 0.15) is 0 Å². The van der Waals surface area contributed by atoms with Gasteiger partial charge in [-0.05, 0) is 0 Å². The van der Waals surface area contributed by atoms with Crippen LogP contribution in [0.5, 0.6) is 0 Å². The quantitative estimate of drug-likeness (QED) is 0.695. The van der Waals surface area contributed by atoms with Gasteiger partial charge < -0.3 is 0 Å². The van der Waals surface area contributed by atoms with Crippen LogP contribution in [0.25, 0.3) is 0 Å². The molecule has 0 bridgehead atoms. The molecule has 16 heavy (non-hydrogen) atoms. The van der Waals surface area contributed by atoms with Gasteiger partial charge >= 0.3 is 31.0 Å². The van der Waals surface area contributed by atoms with Gasteiger partial charge in [0.25, 0.3) is 0 Å². The molecule has 0 amide bonds. The Morgan fingerprint density at radius 2 is 1.06 bits per heavy atom. The van der Waals surface area contributed by atoms with Crippen molar-refractivity contribution in [2.24, 2.45) is 0 Å². The molecule has 0 aliphatic heterocycles. The van der Waals surface area contributed by atoms with E-state index in [9.17, 15) is 43.9 Å². The van der Waals surface area contributed by atoms with Crippen molar-refractivity contribution in [1.82, 2.24) is 0 Å². The van der Waals surface area contributed by atoms with E-state index in [2.05, 4.69) is 0 Å². The van der Waals surface area contributed by atoms with Gasteiger partial charge in [-0.3, -0.25) is 0 Å². The smallest absolute Gasteiger partial charge is 0.246 e. The van der Waals surface area contributed by atoms with Gasteiger partial charge in [-0.1, -0.05) is 0 Å². The number of hydrogen-bond donors (Lipinski definition) is 0. The summed E-state index contributed by atoms with van der Waals surface area (Å²) in [6.45, 7) is 0. The molecule has 0 fully saturated rings. The standard InChI is InChI=1S/C5H2F10O/c6-1(7)3(10,11)5(14,15)16-4(12,13)2(8)9/h1-2H. The van der Waals surface area contributed by atoms with Gasteiger partial charge in [0.1, 0.15) is 0 Å². The van der Waals surface area contributed by atoms with E-state index in [0.29, 0.717) is 0 Å². The van der Waals surface area contributed by atoms with E-state index in [0.717, 1.165) is 0 Å². The molecule has 0 unspecified atom stereocenters. The van der Waals surface area contributed by atoms with Crippen molar-refractivity contribution in [2.75, 3.05) is 0 Å². The third kappa shape index (κ3) is 2.89. The fourth-order valence-electron chi connectivity index (χ4n) is 0.411. The predicted octanol–water partition coefficient (Wildman–Crippen LogP) is 3.35. The first-order chi connectivity index (χ1) is 6.84. The Morgan fingerprint density at radius 3 is 1.31 bits per heavy atom. The van der Waals surface area contributed by atoms with E-state index in [4.69, 9.17) is 0 Å². The van der Waals surface area contributed by atoms with Crippen LogP contribution in [0, 0.1) is 0 Å². The summed E-state index contributed by atoms with van der Waals surface area (Å²) in [4.78, 5) is 0. The maximum atomic E-state index is 12.0. The van der Waals surface area contributed by atoms with E-state index >= 15 is 0 Å². The maximum Gasteiger partial charge on any atom is 0.430 e. The first-order valence-corrected chi connectivity index (χ1v) is 3.24. The number of ether oxygens (including phenoxy) is 1. The molecule has 0 heterocycles. The first-order valence-electron chi connectivity index (χ1n) is 3.24. The van der Waals surface area contributed by atoms with Crippen LogP contribution in [0.2, 0.25) is 0 Å². The lowest BCUT2D eigenvalue weighted by molar-refractivity contribution is -0.460. The topological polar surface area (TPSA) is 9.23 Å². The zero-order valence-corrected chi connectivity index (χ0v) is 6.84. The SMILES string of the molecule is FC(F)C(F)(F)OC(F)(F)C(F)(F)C(F)F. The summed E-state index contributed by atoms with van der Waals surface area (Å²) in [6, 6.07) is 0. The molecule has 0 radical (unpaired) electrons. The Morgan fingerprint density at radius 1 is 0.688 bits per heavy atom. The van der Waals surface area contributed by atoms with Crippen molar-refractivity contribution in [3.8, 4) is 0 Å². The molecule has 0 saturated carbocycles. The van der Waals surface area contributed by atoms with E-state index < -0.39 is 31.0 Å². The summed E-state index contributed by atoms with van der Waals surface area (Å²) in [5.41, 5.74) is 0. The molecule has 0 aromatic heterocycles. The minimum absolute atomic E-state index is 1.77. The molecule has 0 aliphatic rings. The van der Waals surface area contributed by atoms with Crippen LogP contribution in [0.4, 0.5) is 43.9 Å². The van der Waals surface area contributed by atoms with Crippen molar-refractivity contribution < 1.29 is 48.6 Å². The molecule has 0 N–H and O–H groups in total. The van der Waals surface area contributed by atoms with Crippen LogP contribution >= 0.6 is 0 Å². The third-order valence-electron chi connectivity index (χ3n) is 1.18. The van der Waals surface area contributed by atoms with Crippen LogP contribution in [0.15, 0.2) is 0 Å². The van der Waals surface area contributed by atoms with E-state index in [1.807, 2.05) is 0 Å². The van der Waals surface area contributed by atoms with Gasteiger partial charge in [-0.25, -0.2) is 22.3 Å². The zero-order valence-electron chi connectivity index (χ0n) is 6.84. The Balaban J connectivity index is 4.96. The van der Waals surface area contributed by atoms with E-state index in [1.54, 1.807) is 4.74 Å². The second-order valence-electron chi connectivity index (χ2n) is 2.40. The predicted molar refractivity (Wildman–Crippen MR) is 27.9 cm³/mol. The van der Waals surface area contributed by atoms with Crippen molar-refractivity contribution in [3.63, 3.8) is 0 Å². The van der Waals surface area contributed by atoms with E-state index in [1.165, 1.54) is 0 Å². The van der Waals surface area contributed by atoms with E-state index in [-0.39, 0.29) is 0 Å². The minimum atomic E-state index is -6.43. The fourth-order valence-corrected chi connectivity index (χ4v) is 0.411. The summed E-state index contributed by atoms with van der Waals surface area (Å²) < 4.78 is 119. The Hall–Kier alpha value is -0.740. The second kappa shape index (κ2) is 4.26. The molecule has 0 aromatic rings. The monoisotopic (exact) mass is 268 g/mol. The highest BCUT2D eigenvalue weighted by molar-refractivity contribution is 4.81. The summed E-state index contributed by atoms with van der Waals surface area (Å²) in [6.07, 6.45) is -22.3. The molecule has 11 heteroatoms. The average molecular weight is 268 g/mol. The summed E-state index contributed by atoms with van der Waals surface area (Å²) in [5, 5.41) is 0. The molecule has 0 aliphatic carbocycles. The van der Waals surface area contributed by atoms with Crippen molar-refractivity contribution >= 4 is 0 Å². The fraction of sp³-hybridized carbons (Fsp3) is 1.00. The first kappa shape index (κ1) is 15.3. The van der Waals surface area contributed by atoms with Crippen molar-refractivity contribution in [3.05, 3.63) is 0 Å². The maximum absolute atomic E-state index is 12.0. The zero-order chi connectivity index (χ0) is 13.4. The van der Waals surface area contributed by atoms with Crippen LogP contribution in [-0.4, -0.2) is 31.0 Å². The molecule has 1 nitrogen and oxygen atoms in total. The lowest BCUT2D eigenvalue weighted by Gasteiger charge is -2.28. The Kier molecular flexibility index (Phi) is 4.06. The number of rotatable bonds is 5. The molecule has 0 atom stereocenters. The largest absolute Gasteiger partial charge is 0.430 e. The van der Waals surface area contributed by atoms with Crippen molar-refractivity contribution in [1.29, 1.82) is 0 Å². The van der Waals surface area contributed by atoms with Gasteiger partial charge in [0.15, 0.2) is 0 Å². The van der Waals surface area contributed by atoms with Gasteiger partial charge in [0.2, 0.25) is 0 Å². The molecule has 0 spiro atoms. The van der Waals surface area contributed by atoms with Crippen LogP contribution in [-0.2, 0) is 4.74 Å². The van der Waals surface area contributed by atoms with Gasteiger partial charge in [-0.2, -0.15) is 26.3 Å². The Labute approximate surface area is 81.0 Å². The van der Waals surface area contributed by atoms with Gasteiger partial charge in [-0.15, -0.1) is 0 Å². The summed E-state index contributed by atoms with van der Waals surface area (Å²) >= 11 is 0. The average Bonchev–Trinajstić information content (AvgIpc) is 2.00. The second-order valence-corrected chi connectivity index (χ2v) is 2.40. The molecule has 98 valence electrons. The van der Waals surface area contributed by atoms with Crippen LogP contribution < -0.4 is 0 Å². The normalized spacial score (nSPS) is 15.0. The summed E-state index contributed by atoms with van der Waals surface area (Å²) in [7, 11) is 0. The highest BCUT2D eigenvalue weighted by atomic mass is 19.4. The lowest BCUT2D eigenvalue weighted by atomic mass is 10.3. The number of halogens is 10. The molecule has 0 saturated heterocycles. The Bertz CT molecular complexity index is 235. The van der Waals surface area contributed by atoms with Crippen LogP contribution in [0.3, 0.4) is 0 Å². The highest BCUT2D eigenvalue weighted by Gasteiger charge is 2.69.